The highest BCUT2D eigenvalue weighted by molar-refractivity contribution is 6.30. The summed E-state index contributed by atoms with van der Waals surface area (Å²) in [6.07, 6.45) is 1.42. The van der Waals surface area contributed by atoms with Crippen LogP contribution in [0, 0.1) is 18.3 Å². The number of rotatable bonds is 7. The summed E-state index contributed by atoms with van der Waals surface area (Å²) >= 11 is 6.22. The van der Waals surface area contributed by atoms with Crippen LogP contribution in [0.3, 0.4) is 0 Å². The molecule has 4 N–H and O–H groups in total. The predicted octanol–water partition coefficient (Wildman–Crippen LogP) is 4.06. The number of halogens is 3. The van der Waals surface area contributed by atoms with Crippen LogP contribution >= 0.6 is 11.6 Å². The number of ether oxygens (including phenoxy) is 1. The number of fused-ring (bicyclic) bond motifs is 1. The van der Waals surface area contributed by atoms with Crippen molar-refractivity contribution < 1.29 is 13.5 Å². The Morgan fingerprint density at radius 2 is 1.97 bits per heavy atom. The second-order valence-electron chi connectivity index (χ2n) is 8.22. The molecule has 0 fully saturated rings. The summed E-state index contributed by atoms with van der Waals surface area (Å²) in [5.41, 5.74) is 2.06. The van der Waals surface area contributed by atoms with Crippen LogP contribution in [-0.4, -0.2) is 32.7 Å². The van der Waals surface area contributed by atoms with E-state index in [0.717, 1.165) is 5.01 Å². The highest BCUT2D eigenvalue weighted by Crippen LogP contribution is 2.34. The molecule has 37 heavy (non-hydrogen) atoms. The molecule has 0 amide bonds. The number of hydrogen-bond acceptors (Lipinski definition) is 7. The number of alkyl halides is 2. The predicted molar refractivity (Wildman–Crippen MR) is 136 cm³/mol. The normalized spacial score (nSPS) is 12.0. The topological polar surface area (TPSA) is 131 Å². The van der Waals surface area contributed by atoms with Gasteiger partial charge in [0, 0.05) is 22.7 Å². The van der Waals surface area contributed by atoms with E-state index < -0.39 is 11.8 Å². The molecule has 0 aliphatic rings. The van der Waals surface area contributed by atoms with Gasteiger partial charge >= 0.3 is 5.92 Å². The van der Waals surface area contributed by atoms with Crippen molar-refractivity contribution in [1.29, 1.82) is 5.26 Å². The van der Waals surface area contributed by atoms with Crippen molar-refractivity contribution in [1.82, 2.24) is 19.8 Å². The molecule has 0 unspecified atom stereocenters. The number of hydrazine groups is 1. The average molecular weight is 525 g/mol. The van der Waals surface area contributed by atoms with E-state index in [1.165, 1.54) is 36.2 Å². The van der Waals surface area contributed by atoms with Crippen molar-refractivity contribution in [3.8, 4) is 11.8 Å². The van der Waals surface area contributed by atoms with Crippen LogP contribution in [0.5, 0.6) is 5.75 Å². The van der Waals surface area contributed by atoms with Gasteiger partial charge in [-0.1, -0.05) is 35.9 Å². The number of nitriles is 1. The van der Waals surface area contributed by atoms with Gasteiger partial charge in [-0.05, 0) is 36.8 Å². The Balaban J connectivity index is 1.69. The number of methoxy groups -OCH3 is 1. The van der Waals surface area contributed by atoms with E-state index in [4.69, 9.17) is 28.0 Å². The number of hydrazone groups is 1. The van der Waals surface area contributed by atoms with Crippen LogP contribution in [0.15, 0.2) is 59.8 Å². The molecule has 4 aromatic rings. The van der Waals surface area contributed by atoms with Gasteiger partial charge in [0.2, 0.25) is 5.84 Å². The average Bonchev–Trinajstić information content (AvgIpc) is 3.20. The largest absolute Gasteiger partial charge is 0.497 e. The Morgan fingerprint density at radius 3 is 2.62 bits per heavy atom. The second kappa shape index (κ2) is 10.4. The van der Waals surface area contributed by atoms with Crippen molar-refractivity contribution in [3.05, 3.63) is 87.8 Å². The molecule has 0 radical (unpaired) electrons. The quantitative estimate of drug-likeness (QED) is 0.122. The third kappa shape index (κ3) is 5.02. The van der Waals surface area contributed by atoms with E-state index in [1.807, 2.05) is 0 Å². The molecule has 0 aliphatic heterocycles. The van der Waals surface area contributed by atoms with Gasteiger partial charge < -0.3 is 10.6 Å². The van der Waals surface area contributed by atoms with Crippen LogP contribution in [0.4, 0.5) is 8.78 Å². The van der Waals surface area contributed by atoms with Crippen molar-refractivity contribution in [2.24, 2.45) is 16.8 Å². The third-order valence-electron chi connectivity index (χ3n) is 5.92. The fraction of sp³-hybridized carbons (Fsp3) is 0.200. The Kier molecular flexibility index (Phi) is 7.24. The van der Waals surface area contributed by atoms with Crippen LogP contribution in [0.2, 0.25) is 5.15 Å². The van der Waals surface area contributed by atoms with Crippen LogP contribution in [0.25, 0.3) is 10.9 Å². The Bertz CT molecular complexity index is 1510. The lowest BCUT2D eigenvalue weighted by Gasteiger charge is -2.26. The van der Waals surface area contributed by atoms with E-state index in [1.54, 1.807) is 37.3 Å². The molecule has 0 bridgehead atoms. The maximum absolute atomic E-state index is 15.7. The SMILES string of the molecule is COc1ccc(CN(N)/C(=N\N)C(F)(F)c2ccc3c(C)nn(Cc4c(C#N)ccnc4Cl)c3c2)cc1. The zero-order valence-electron chi connectivity index (χ0n) is 20.0. The molecule has 2 heterocycles. The van der Waals surface area contributed by atoms with Gasteiger partial charge in [0.15, 0.2) is 0 Å². The molecular weight excluding hydrogens is 502 g/mol. The lowest BCUT2D eigenvalue weighted by atomic mass is 10.0. The van der Waals surface area contributed by atoms with E-state index in [0.29, 0.717) is 39.0 Å². The first-order valence-corrected chi connectivity index (χ1v) is 11.4. The first kappa shape index (κ1) is 25.8. The lowest BCUT2D eigenvalue weighted by molar-refractivity contribution is 0.0584. The van der Waals surface area contributed by atoms with Gasteiger partial charge in [-0.2, -0.15) is 24.2 Å². The molecule has 4 rings (SSSR count). The van der Waals surface area contributed by atoms with Crippen molar-refractivity contribution in [2.45, 2.75) is 25.9 Å². The number of amidine groups is 1. The zero-order valence-corrected chi connectivity index (χ0v) is 20.7. The molecule has 9 nitrogen and oxygen atoms in total. The highest BCUT2D eigenvalue weighted by atomic mass is 35.5. The maximum Gasteiger partial charge on any atom is 0.332 e. The van der Waals surface area contributed by atoms with E-state index in [-0.39, 0.29) is 23.8 Å². The number of benzene rings is 2. The van der Waals surface area contributed by atoms with E-state index >= 15 is 8.78 Å². The minimum atomic E-state index is -3.63. The Morgan fingerprint density at radius 1 is 1.24 bits per heavy atom. The zero-order chi connectivity index (χ0) is 26.7. The van der Waals surface area contributed by atoms with Gasteiger partial charge in [-0.15, -0.1) is 0 Å². The molecule has 0 atom stereocenters. The summed E-state index contributed by atoms with van der Waals surface area (Å²) in [4.78, 5) is 4.02. The minimum absolute atomic E-state index is 0.0627. The minimum Gasteiger partial charge on any atom is -0.497 e. The summed E-state index contributed by atoms with van der Waals surface area (Å²) in [6, 6.07) is 14.5. The Labute approximate surface area is 216 Å². The van der Waals surface area contributed by atoms with Gasteiger partial charge in [0.05, 0.1) is 43.0 Å². The summed E-state index contributed by atoms with van der Waals surface area (Å²) in [6.45, 7) is 1.76. The second-order valence-corrected chi connectivity index (χ2v) is 8.58. The van der Waals surface area contributed by atoms with Crippen LogP contribution in [-0.2, 0) is 19.0 Å². The van der Waals surface area contributed by atoms with Gasteiger partial charge in [-0.25, -0.2) is 10.8 Å². The van der Waals surface area contributed by atoms with E-state index in [2.05, 4.69) is 21.3 Å². The number of nitrogens with two attached hydrogens (primary N) is 2. The monoisotopic (exact) mass is 524 g/mol. The van der Waals surface area contributed by atoms with Crippen LogP contribution < -0.4 is 16.4 Å². The van der Waals surface area contributed by atoms with Crippen LogP contribution in [0.1, 0.15) is 27.9 Å². The van der Waals surface area contributed by atoms with Crippen molar-refractivity contribution in [2.75, 3.05) is 7.11 Å². The number of pyridine rings is 1. The number of aromatic nitrogens is 3. The first-order valence-electron chi connectivity index (χ1n) is 11.0. The van der Waals surface area contributed by atoms with Crippen molar-refractivity contribution >= 4 is 28.3 Å². The molecule has 0 saturated carbocycles. The molecule has 2 aromatic carbocycles. The summed E-state index contributed by atoms with van der Waals surface area (Å²) in [5.74, 6) is 7.57. The van der Waals surface area contributed by atoms with Gasteiger partial charge in [0.1, 0.15) is 10.9 Å². The summed E-state index contributed by atoms with van der Waals surface area (Å²) < 4.78 is 38.0. The first-order chi connectivity index (χ1) is 17.7. The number of hydrogen-bond donors (Lipinski definition) is 2. The number of aryl methyl sites for hydroxylation is 1. The molecule has 2 aromatic heterocycles. The fourth-order valence-electron chi connectivity index (χ4n) is 3.99. The molecule has 190 valence electrons. The highest BCUT2D eigenvalue weighted by Gasteiger charge is 2.42. The van der Waals surface area contributed by atoms with Gasteiger partial charge in [0.25, 0.3) is 0 Å². The summed E-state index contributed by atoms with van der Waals surface area (Å²) in [5, 5.41) is 18.9. The standard InChI is InChI=1S/C25H23ClF2N8O/c1-15-20-8-5-18(11-22(20)36(34-15)14-21-17(12-29)9-10-32-23(21)26)25(27,28)24(33-30)35(31)13-16-3-6-19(37-2)7-4-16/h3-11H,13-14,30-31H2,1-2H3/b33-24-. The van der Waals surface area contributed by atoms with Gasteiger partial charge in [-0.3, -0.25) is 9.69 Å². The molecule has 12 heteroatoms. The molecule has 0 spiro atoms. The molecular formula is C25H23ClF2N8O. The van der Waals surface area contributed by atoms with Crippen molar-refractivity contribution in [3.63, 3.8) is 0 Å². The Hall–Kier alpha value is -4.27. The fourth-order valence-corrected chi connectivity index (χ4v) is 4.21. The molecule has 0 saturated heterocycles. The number of nitrogens with zero attached hydrogens (tertiary/aromatic N) is 6. The van der Waals surface area contributed by atoms with E-state index in [9.17, 15) is 5.26 Å². The summed E-state index contributed by atoms with van der Waals surface area (Å²) in [7, 11) is 1.53. The lowest BCUT2D eigenvalue weighted by Crippen LogP contribution is -2.46. The third-order valence-corrected chi connectivity index (χ3v) is 6.24. The smallest absolute Gasteiger partial charge is 0.332 e. The maximum atomic E-state index is 15.7. The molecule has 0 aliphatic carbocycles.